The van der Waals surface area contributed by atoms with Crippen LogP contribution in [-0.2, 0) is 13.1 Å². The van der Waals surface area contributed by atoms with E-state index in [4.69, 9.17) is 0 Å². The Morgan fingerprint density at radius 1 is 0.615 bits per heavy atom. The standard InChI is InChI=1S/C20H34I2N2O2/c1-11(2)23(12(3)4)9-15-16(10-24(13(5)6)14(7)8)20(26)18(22)17(21)19(15)25/h11-14,25-26H,9-10H2,1-8H3. The lowest BCUT2D eigenvalue weighted by molar-refractivity contribution is 0.152. The number of rotatable bonds is 8. The van der Waals surface area contributed by atoms with Gasteiger partial charge in [0.15, 0.2) is 0 Å². The molecular weight excluding hydrogens is 554 g/mol. The van der Waals surface area contributed by atoms with Crippen molar-refractivity contribution in [2.75, 3.05) is 0 Å². The van der Waals surface area contributed by atoms with E-state index < -0.39 is 0 Å². The molecule has 4 nitrogen and oxygen atoms in total. The average molecular weight is 588 g/mol. The second-order valence-electron chi connectivity index (χ2n) is 8.00. The Labute approximate surface area is 186 Å². The van der Waals surface area contributed by atoms with Gasteiger partial charge >= 0.3 is 0 Å². The van der Waals surface area contributed by atoms with E-state index in [9.17, 15) is 10.2 Å². The number of aromatic hydroxyl groups is 2. The average Bonchev–Trinajstić information content (AvgIpc) is 2.52. The summed E-state index contributed by atoms with van der Waals surface area (Å²) >= 11 is 4.26. The van der Waals surface area contributed by atoms with Gasteiger partial charge in [-0.3, -0.25) is 9.80 Å². The van der Waals surface area contributed by atoms with Crippen molar-refractivity contribution in [3.63, 3.8) is 0 Å². The largest absolute Gasteiger partial charge is 0.506 e. The fourth-order valence-electron chi connectivity index (χ4n) is 3.39. The summed E-state index contributed by atoms with van der Waals surface area (Å²) in [4.78, 5) is 4.69. The third-order valence-corrected chi connectivity index (χ3v) is 8.01. The minimum atomic E-state index is 0.307. The maximum Gasteiger partial charge on any atom is 0.135 e. The summed E-state index contributed by atoms with van der Waals surface area (Å²) in [6, 6.07) is 1.42. The zero-order valence-electron chi connectivity index (χ0n) is 17.3. The van der Waals surface area contributed by atoms with Gasteiger partial charge < -0.3 is 10.2 Å². The van der Waals surface area contributed by atoms with Crippen LogP contribution >= 0.6 is 45.2 Å². The molecule has 0 aliphatic heterocycles. The van der Waals surface area contributed by atoms with E-state index in [1.165, 1.54) is 0 Å². The molecule has 0 fully saturated rings. The topological polar surface area (TPSA) is 46.9 Å². The predicted octanol–water partition coefficient (Wildman–Crippen LogP) is 5.54. The molecule has 0 saturated heterocycles. The first-order chi connectivity index (χ1) is 11.9. The zero-order valence-corrected chi connectivity index (χ0v) is 21.6. The summed E-state index contributed by atoms with van der Waals surface area (Å²) in [6.45, 7) is 18.6. The number of hydrogen-bond acceptors (Lipinski definition) is 4. The normalized spacial score (nSPS) is 12.6. The quantitative estimate of drug-likeness (QED) is 0.309. The van der Waals surface area contributed by atoms with Crippen molar-refractivity contribution in [2.45, 2.75) is 92.6 Å². The van der Waals surface area contributed by atoms with E-state index in [1.807, 2.05) is 0 Å². The highest BCUT2D eigenvalue weighted by Gasteiger charge is 2.27. The number of phenols is 2. The van der Waals surface area contributed by atoms with E-state index in [-0.39, 0.29) is 0 Å². The van der Waals surface area contributed by atoms with Gasteiger partial charge in [0, 0.05) is 48.4 Å². The molecule has 6 heteroatoms. The van der Waals surface area contributed by atoms with Crippen LogP contribution in [0, 0.1) is 7.14 Å². The van der Waals surface area contributed by atoms with Crippen LogP contribution in [-0.4, -0.2) is 44.2 Å². The van der Waals surface area contributed by atoms with Gasteiger partial charge in [0.2, 0.25) is 0 Å². The fourth-order valence-corrected chi connectivity index (χ4v) is 4.55. The first kappa shape index (κ1) is 24.2. The van der Waals surface area contributed by atoms with Crippen LogP contribution in [0.2, 0.25) is 0 Å². The highest BCUT2D eigenvalue weighted by atomic mass is 127. The van der Waals surface area contributed by atoms with E-state index in [0.29, 0.717) is 48.8 Å². The predicted molar refractivity (Wildman–Crippen MR) is 127 cm³/mol. The molecule has 0 saturated carbocycles. The van der Waals surface area contributed by atoms with Crippen LogP contribution in [0.25, 0.3) is 0 Å². The Morgan fingerprint density at radius 2 is 0.846 bits per heavy atom. The number of benzene rings is 1. The third kappa shape index (κ3) is 5.61. The maximum absolute atomic E-state index is 10.9. The number of nitrogens with zero attached hydrogens (tertiary/aromatic N) is 2. The maximum atomic E-state index is 10.9. The molecule has 0 spiro atoms. The molecular formula is C20H34I2N2O2. The van der Waals surface area contributed by atoms with Crippen LogP contribution in [0.15, 0.2) is 0 Å². The van der Waals surface area contributed by atoms with Crippen LogP contribution in [0.5, 0.6) is 11.5 Å². The van der Waals surface area contributed by atoms with E-state index in [2.05, 4.69) is 110 Å². The van der Waals surface area contributed by atoms with Crippen molar-refractivity contribution in [3.8, 4) is 11.5 Å². The lowest BCUT2D eigenvalue weighted by Crippen LogP contribution is -2.38. The molecule has 0 atom stereocenters. The molecule has 0 amide bonds. The third-order valence-electron chi connectivity index (χ3n) is 4.88. The van der Waals surface area contributed by atoms with Crippen LogP contribution in [0.3, 0.4) is 0 Å². The Kier molecular flexibility index (Phi) is 9.43. The Hall–Kier alpha value is 0.200. The van der Waals surface area contributed by atoms with Crippen molar-refractivity contribution in [3.05, 3.63) is 18.3 Å². The Morgan fingerprint density at radius 3 is 1.04 bits per heavy atom. The molecule has 0 radical (unpaired) electrons. The van der Waals surface area contributed by atoms with Crippen molar-refractivity contribution in [2.24, 2.45) is 0 Å². The van der Waals surface area contributed by atoms with Crippen LogP contribution in [0.1, 0.15) is 66.5 Å². The smallest absolute Gasteiger partial charge is 0.135 e. The van der Waals surface area contributed by atoms with Gasteiger partial charge in [0.25, 0.3) is 0 Å². The molecule has 0 bridgehead atoms. The summed E-state index contributed by atoms with van der Waals surface area (Å²) in [5.74, 6) is 0.614. The minimum Gasteiger partial charge on any atom is -0.506 e. The molecule has 26 heavy (non-hydrogen) atoms. The molecule has 1 aromatic rings. The molecule has 0 unspecified atom stereocenters. The summed E-state index contributed by atoms with van der Waals surface area (Å²) < 4.78 is 1.46. The lowest BCUT2D eigenvalue weighted by atomic mass is 10.0. The molecule has 0 heterocycles. The second-order valence-corrected chi connectivity index (χ2v) is 10.2. The SMILES string of the molecule is CC(C)N(Cc1c(O)c(I)c(I)c(O)c1CN(C(C)C)C(C)C)C(C)C. The van der Waals surface area contributed by atoms with Crippen molar-refractivity contribution in [1.82, 2.24) is 9.80 Å². The fraction of sp³-hybridized carbons (Fsp3) is 0.700. The number of halogens is 2. The van der Waals surface area contributed by atoms with Gasteiger partial charge in [0.05, 0.1) is 7.14 Å². The summed E-state index contributed by atoms with van der Waals surface area (Å²) in [6.07, 6.45) is 0. The zero-order chi connectivity index (χ0) is 20.3. The van der Waals surface area contributed by atoms with Crippen molar-refractivity contribution in [1.29, 1.82) is 0 Å². The van der Waals surface area contributed by atoms with Crippen LogP contribution < -0.4 is 0 Å². The first-order valence-corrected chi connectivity index (χ1v) is 11.5. The number of hydrogen-bond donors (Lipinski definition) is 2. The van der Waals surface area contributed by atoms with Crippen LogP contribution in [0.4, 0.5) is 0 Å². The van der Waals surface area contributed by atoms with E-state index >= 15 is 0 Å². The van der Waals surface area contributed by atoms with Gasteiger partial charge in [-0.05, 0) is 101 Å². The van der Waals surface area contributed by atoms with E-state index in [0.717, 1.165) is 18.3 Å². The second kappa shape index (κ2) is 10.1. The molecule has 0 aromatic heterocycles. The molecule has 2 N–H and O–H groups in total. The molecule has 1 aromatic carbocycles. The van der Waals surface area contributed by atoms with Gasteiger partial charge in [-0.25, -0.2) is 0 Å². The molecule has 0 aliphatic carbocycles. The van der Waals surface area contributed by atoms with Gasteiger partial charge in [-0.1, -0.05) is 0 Å². The first-order valence-electron chi connectivity index (χ1n) is 9.32. The lowest BCUT2D eigenvalue weighted by Gasteiger charge is -2.34. The summed E-state index contributed by atoms with van der Waals surface area (Å²) in [5, 5.41) is 21.8. The summed E-state index contributed by atoms with van der Waals surface area (Å²) in [7, 11) is 0. The van der Waals surface area contributed by atoms with Crippen molar-refractivity contribution < 1.29 is 10.2 Å². The Bertz CT molecular complexity index is 548. The van der Waals surface area contributed by atoms with Gasteiger partial charge in [0.1, 0.15) is 11.5 Å². The molecule has 150 valence electrons. The Balaban J connectivity index is 3.52. The monoisotopic (exact) mass is 588 g/mol. The highest BCUT2D eigenvalue weighted by Crippen LogP contribution is 2.41. The van der Waals surface area contributed by atoms with Gasteiger partial charge in [-0.2, -0.15) is 0 Å². The van der Waals surface area contributed by atoms with Crippen molar-refractivity contribution >= 4 is 45.2 Å². The highest BCUT2D eigenvalue weighted by molar-refractivity contribution is 14.1. The van der Waals surface area contributed by atoms with Gasteiger partial charge in [-0.15, -0.1) is 0 Å². The number of phenolic OH excluding ortho intramolecular Hbond substituents is 2. The van der Waals surface area contributed by atoms with E-state index in [1.54, 1.807) is 0 Å². The summed E-state index contributed by atoms with van der Waals surface area (Å²) in [5.41, 5.74) is 1.70. The minimum absolute atomic E-state index is 0.307. The molecule has 0 aliphatic rings. The molecule has 1 rings (SSSR count).